The molecule has 0 aliphatic heterocycles. The van der Waals surface area contributed by atoms with Crippen molar-refractivity contribution in [3.63, 3.8) is 0 Å². The van der Waals surface area contributed by atoms with Crippen molar-refractivity contribution < 1.29 is 4.39 Å². The van der Waals surface area contributed by atoms with Crippen LogP contribution in [-0.4, -0.2) is 19.5 Å². The van der Waals surface area contributed by atoms with Crippen LogP contribution in [-0.2, 0) is 0 Å². The number of hydrogen-bond donors (Lipinski definition) is 1. The van der Waals surface area contributed by atoms with Crippen LogP contribution in [0.15, 0.2) is 91.3 Å². The molecule has 0 amide bonds. The summed E-state index contributed by atoms with van der Waals surface area (Å²) in [6, 6.07) is 26.3. The van der Waals surface area contributed by atoms with Crippen molar-refractivity contribution >= 4 is 17.0 Å². The van der Waals surface area contributed by atoms with Crippen molar-refractivity contribution in [2.24, 2.45) is 0 Å². The fourth-order valence-corrected chi connectivity index (χ4v) is 3.59. The molecule has 0 fully saturated rings. The molecule has 1 atom stereocenters. The van der Waals surface area contributed by atoms with Crippen molar-refractivity contribution in [2.75, 3.05) is 5.32 Å². The third-order valence-electron chi connectivity index (χ3n) is 5.21. The average Bonchev–Trinajstić information content (AvgIpc) is 3.24. The zero-order chi connectivity index (χ0) is 21.2. The number of aromatic nitrogens is 4. The number of fused-ring (bicyclic) bond motifs is 1. The van der Waals surface area contributed by atoms with Gasteiger partial charge in [0.25, 0.3) is 0 Å². The summed E-state index contributed by atoms with van der Waals surface area (Å²) < 4.78 is 16.5. The van der Waals surface area contributed by atoms with E-state index in [9.17, 15) is 4.39 Å². The van der Waals surface area contributed by atoms with Gasteiger partial charge in [0, 0.05) is 11.6 Å². The van der Waals surface area contributed by atoms with Crippen LogP contribution in [0.4, 0.5) is 10.3 Å². The minimum atomic E-state index is -0.329. The van der Waals surface area contributed by atoms with Crippen molar-refractivity contribution in [1.29, 1.82) is 0 Å². The van der Waals surface area contributed by atoms with Crippen LogP contribution in [0.1, 0.15) is 18.5 Å². The molecule has 5 rings (SSSR count). The molecule has 2 heterocycles. The molecule has 0 aliphatic carbocycles. The molecule has 6 heteroatoms. The molecule has 0 saturated carbocycles. The Morgan fingerprint density at radius 2 is 1.61 bits per heavy atom. The number of hydrogen-bond acceptors (Lipinski definition) is 4. The lowest BCUT2D eigenvalue weighted by Gasteiger charge is -2.16. The van der Waals surface area contributed by atoms with E-state index in [0.29, 0.717) is 23.0 Å². The van der Waals surface area contributed by atoms with Crippen LogP contribution in [0.3, 0.4) is 0 Å². The topological polar surface area (TPSA) is 55.6 Å². The molecule has 0 spiro atoms. The van der Waals surface area contributed by atoms with Gasteiger partial charge in [0.2, 0.25) is 5.95 Å². The van der Waals surface area contributed by atoms with Gasteiger partial charge >= 0.3 is 0 Å². The maximum Gasteiger partial charge on any atom is 0.225 e. The Balaban J connectivity index is 1.63. The second-order valence-electron chi connectivity index (χ2n) is 7.29. The van der Waals surface area contributed by atoms with Gasteiger partial charge in [-0.05, 0) is 36.8 Å². The van der Waals surface area contributed by atoms with Crippen LogP contribution >= 0.6 is 0 Å². The average molecular weight is 409 g/mol. The smallest absolute Gasteiger partial charge is 0.225 e. The summed E-state index contributed by atoms with van der Waals surface area (Å²) in [5, 5.41) is 3.36. The van der Waals surface area contributed by atoms with E-state index in [1.807, 2.05) is 66.1 Å². The molecule has 5 aromatic rings. The second kappa shape index (κ2) is 7.99. The van der Waals surface area contributed by atoms with Crippen molar-refractivity contribution in [1.82, 2.24) is 19.5 Å². The lowest BCUT2D eigenvalue weighted by atomic mass is 10.1. The number of rotatable bonds is 5. The Bertz CT molecular complexity index is 1350. The van der Waals surface area contributed by atoms with Gasteiger partial charge in [0.1, 0.15) is 18.0 Å². The van der Waals surface area contributed by atoms with Gasteiger partial charge in [0.05, 0.1) is 22.8 Å². The maximum atomic E-state index is 14.6. The fourth-order valence-electron chi connectivity index (χ4n) is 3.59. The first-order valence-corrected chi connectivity index (χ1v) is 10.1. The van der Waals surface area contributed by atoms with Gasteiger partial charge in [-0.3, -0.25) is 4.57 Å². The van der Waals surface area contributed by atoms with Gasteiger partial charge in [-0.15, -0.1) is 0 Å². The van der Waals surface area contributed by atoms with Crippen molar-refractivity contribution in [3.8, 4) is 17.1 Å². The van der Waals surface area contributed by atoms with Gasteiger partial charge in [-0.2, -0.15) is 4.98 Å². The number of halogens is 1. The molecule has 0 unspecified atom stereocenters. The monoisotopic (exact) mass is 409 g/mol. The van der Waals surface area contributed by atoms with Crippen LogP contribution in [0.5, 0.6) is 0 Å². The Morgan fingerprint density at radius 3 is 2.45 bits per heavy atom. The highest BCUT2D eigenvalue weighted by atomic mass is 19.1. The van der Waals surface area contributed by atoms with E-state index >= 15 is 0 Å². The number of anilines is 1. The highest BCUT2D eigenvalue weighted by Gasteiger charge is 2.15. The van der Waals surface area contributed by atoms with Gasteiger partial charge in [-0.1, -0.05) is 54.6 Å². The Kier molecular flexibility index (Phi) is 4.88. The molecular weight excluding hydrogens is 389 g/mol. The molecule has 0 aliphatic rings. The Morgan fingerprint density at radius 1 is 0.871 bits per heavy atom. The van der Waals surface area contributed by atoms with E-state index in [1.54, 1.807) is 30.6 Å². The lowest BCUT2D eigenvalue weighted by Crippen LogP contribution is -2.11. The highest BCUT2D eigenvalue weighted by molar-refractivity contribution is 5.77. The third kappa shape index (κ3) is 3.75. The van der Waals surface area contributed by atoms with E-state index < -0.39 is 0 Å². The number of imidazole rings is 1. The van der Waals surface area contributed by atoms with Crippen LogP contribution in [0.2, 0.25) is 0 Å². The summed E-state index contributed by atoms with van der Waals surface area (Å²) >= 11 is 0. The highest BCUT2D eigenvalue weighted by Crippen LogP contribution is 2.27. The van der Waals surface area contributed by atoms with Gasteiger partial charge < -0.3 is 5.32 Å². The van der Waals surface area contributed by atoms with E-state index in [2.05, 4.69) is 15.3 Å². The summed E-state index contributed by atoms with van der Waals surface area (Å²) in [6.07, 6.45) is 1.72. The Hall–Kier alpha value is -4.06. The van der Waals surface area contributed by atoms with Crippen molar-refractivity contribution in [3.05, 3.63) is 103 Å². The lowest BCUT2D eigenvalue weighted by molar-refractivity contribution is 0.630. The summed E-state index contributed by atoms with van der Waals surface area (Å²) in [5.74, 6) is 0.708. The summed E-state index contributed by atoms with van der Waals surface area (Å²) in [7, 11) is 0. The first-order chi connectivity index (χ1) is 15.2. The largest absolute Gasteiger partial charge is 0.348 e. The minimum Gasteiger partial charge on any atom is -0.348 e. The van der Waals surface area contributed by atoms with E-state index in [4.69, 9.17) is 4.98 Å². The summed E-state index contributed by atoms with van der Waals surface area (Å²) in [6.45, 7) is 2.04. The maximum absolute atomic E-state index is 14.6. The predicted molar refractivity (Wildman–Crippen MR) is 121 cm³/mol. The van der Waals surface area contributed by atoms with Gasteiger partial charge in [0.15, 0.2) is 0 Å². The van der Waals surface area contributed by atoms with E-state index in [0.717, 1.165) is 16.6 Å². The molecule has 2 aromatic heterocycles. The summed E-state index contributed by atoms with van der Waals surface area (Å²) in [4.78, 5) is 13.8. The molecule has 5 nitrogen and oxygen atoms in total. The molecule has 31 heavy (non-hydrogen) atoms. The van der Waals surface area contributed by atoms with E-state index in [1.165, 1.54) is 6.07 Å². The predicted octanol–water partition coefficient (Wildman–Crippen LogP) is 5.79. The third-order valence-corrected chi connectivity index (χ3v) is 5.21. The minimum absolute atomic E-state index is 0.0237. The molecule has 0 bridgehead atoms. The number of nitrogens with zero attached hydrogens (tertiary/aromatic N) is 4. The second-order valence-corrected chi connectivity index (χ2v) is 7.29. The van der Waals surface area contributed by atoms with Crippen LogP contribution in [0, 0.1) is 5.82 Å². The van der Waals surface area contributed by atoms with Crippen LogP contribution < -0.4 is 5.32 Å². The molecule has 0 saturated heterocycles. The first-order valence-electron chi connectivity index (χ1n) is 10.1. The standard InChI is InChI=1S/C25H20FN5/c1-17(18-9-3-2-4-10-18)28-25-29-22(19-11-5-6-12-20(19)26)15-24(30-25)31-16-27-21-13-7-8-14-23(21)31/h2-17H,1H3,(H,28,29,30)/t17-/m0/s1. The van der Waals surface area contributed by atoms with Gasteiger partial charge in [-0.25, -0.2) is 14.4 Å². The fraction of sp³-hybridized carbons (Fsp3) is 0.0800. The normalized spacial score (nSPS) is 12.1. The number of para-hydroxylation sites is 2. The molecule has 3 aromatic carbocycles. The molecule has 0 radical (unpaired) electrons. The zero-order valence-corrected chi connectivity index (χ0v) is 16.9. The number of benzene rings is 3. The molecular formula is C25H20FN5. The SMILES string of the molecule is C[C@H](Nc1nc(-c2ccccc2F)cc(-n2cnc3ccccc32)n1)c1ccccc1. The van der Waals surface area contributed by atoms with Crippen LogP contribution in [0.25, 0.3) is 28.1 Å². The van der Waals surface area contributed by atoms with Crippen molar-refractivity contribution in [2.45, 2.75) is 13.0 Å². The Labute approximate surface area is 179 Å². The zero-order valence-electron chi connectivity index (χ0n) is 16.9. The molecule has 152 valence electrons. The number of nitrogens with one attached hydrogen (secondary N) is 1. The molecule has 1 N–H and O–H groups in total. The van der Waals surface area contributed by atoms with E-state index in [-0.39, 0.29) is 11.9 Å². The first kappa shape index (κ1) is 18.9. The quantitative estimate of drug-likeness (QED) is 0.399. The summed E-state index contributed by atoms with van der Waals surface area (Å²) in [5.41, 5.74) is 3.81.